The molecule has 1 heterocycles. The molecule has 0 saturated carbocycles. The molecule has 0 spiro atoms. The fourth-order valence-corrected chi connectivity index (χ4v) is 1.85. The van der Waals surface area contributed by atoms with Crippen LogP contribution in [0.4, 0.5) is 0 Å². The Bertz CT molecular complexity index is 550. The van der Waals surface area contributed by atoms with E-state index < -0.39 is 0 Å². The zero-order valence-corrected chi connectivity index (χ0v) is 11.1. The first-order chi connectivity index (χ1) is 9.29. The number of pyridine rings is 1. The molecule has 2 rings (SSSR count). The summed E-state index contributed by atoms with van der Waals surface area (Å²) in [4.78, 5) is 0. The molecule has 3 nitrogen and oxygen atoms in total. The molecule has 1 aromatic carbocycles. The van der Waals surface area contributed by atoms with Crippen LogP contribution in [0.3, 0.4) is 0 Å². The van der Waals surface area contributed by atoms with Gasteiger partial charge in [-0.2, -0.15) is 0 Å². The molecule has 0 saturated heterocycles. The Morgan fingerprint density at radius 1 is 1.16 bits per heavy atom. The average molecular weight is 254 g/mol. The number of aryl methyl sites for hydroxylation is 1. The van der Waals surface area contributed by atoms with Gasteiger partial charge in [0.2, 0.25) is 12.4 Å². The van der Waals surface area contributed by atoms with Crippen molar-refractivity contribution in [1.29, 1.82) is 0 Å². The highest BCUT2D eigenvalue weighted by molar-refractivity contribution is 5.89. The Morgan fingerprint density at radius 2 is 1.95 bits per heavy atom. The Kier molecular flexibility index (Phi) is 4.67. The van der Waals surface area contributed by atoms with Crippen LogP contribution < -0.4 is 9.78 Å². The van der Waals surface area contributed by atoms with Crippen molar-refractivity contribution in [3.05, 3.63) is 66.0 Å². The van der Waals surface area contributed by atoms with E-state index in [9.17, 15) is 5.11 Å². The number of unbranched alkanes of at least 4 members (excludes halogenated alkanes) is 1. The third-order valence-corrected chi connectivity index (χ3v) is 2.89. The lowest BCUT2D eigenvalue weighted by molar-refractivity contribution is -0.681. The monoisotopic (exact) mass is 254 g/mol. The predicted molar refractivity (Wildman–Crippen MR) is 73.6 cm³/mol. The predicted octanol–water partition coefficient (Wildman–Crippen LogP) is 1.89. The summed E-state index contributed by atoms with van der Waals surface area (Å²) < 4.78 is 1.60. The summed E-state index contributed by atoms with van der Waals surface area (Å²) in [5, 5.41) is 16.0. The first-order valence-electron chi connectivity index (χ1n) is 6.61. The van der Waals surface area contributed by atoms with Gasteiger partial charge in [0, 0.05) is 11.6 Å². The SMILES string of the molecule is CCCCc1ccc[n+](/N=C(\[O-])c2ccccc2)c1. The van der Waals surface area contributed by atoms with Gasteiger partial charge in [-0.3, -0.25) is 0 Å². The summed E-state index contributed by atoms with van der Waals surface area (Å²) in [6, 6.07) is 13.1. The van der Waals surface area contributed by atoms with Crippen molar-refractivity contribution in [3.63, 3.8) is 0 Å². The molecule has 3 heteroatoms. The van der Waals surface area contributed by atoms with Crippen LogP contribution in [0.25, 0.3) is 0 Å². The number of rotatable bonds is 5. The molecule has 0 atom stereocenters. The van der Waals surface area contributed by atoms with Gasteiger partial charge in [0.1, 0.15) is 0 Å². The van der Waals surface area contributed by atoms with Crippen molar-refractivity contribution in [2.45, 2.75) is 26.2 Å². The van der Waals surface area contributed by atoms with Gasteiger partial charge in [-0.25, -0.2) is 0 Å². The number of hydrogen-bond acceptors (Lipinski definition) is 2. The molecule has 0 amide bonds. The van der Waals surface area contributed by atoms with Crippen molar-refractivity contribution >= 4 is 5.90 Å². The van der Waals surface area contributed by atoms with Gasteiger partial charge in [-0.1, -0.05) is 48.4 Å². The third-order valence-electron chi connectivity index (χ3n) is 2.89. The van der Waals surface area contributed by atoms with Gasteiger partial charge in [0.05, 0.1) is 5.90 Å². The van der Waals surface area contributed by atoms with Crippen LogP contribution in [0.5, 0.6) is 0 Å². The van der Waals surface area contributed by atoms with Crippen LogP contribution in [0, 0.1) is 0 Å². The quantitative estimate of drug-likeness (QED) is 0.456. The fourth-order valence-electron chi connectivity index (χ4n) is 1.85. The normalized spacial score (nSPS) is 11.5. The lowest BCUT2D eigenvalue weighted by Gasteiger charge is -2.06. The minimum atomic E-state index is -0.224. The second kappa shape index (κ2) is 6.69. The molecule has 0 bridgehead atoms. The Balaban J connectivity index is 2.18. The van der Waals surface area contributed by atoms with E-state index in [0.717, 1.165) is 19.3 Å². The zero-order chi connectivity index (χ0) is 13.5. The third kappa shape index (κ3) is 3.91. The topological polar surface area (TPSA) is 39.3 Å². The maximum Gasteiger partial charge on any atom is 0.205 e. The number of benzene rings is 1. The van der Waals surface area contributed by atoms with Crippen LogP contribution in [0.15, 0.2) is 60.0 Å². The lowest BCUT2D eigenvalue weighted by atomic mass is 10.1. The van der Waals surface area contributed by atoms with E-state index in [-0.39, 0.29) is 5.90 Å². The van der Waals surface area contributed by atoms with Crippen molar-refractivity contribution in [2.24, 2.45) is 5.10 Å². The molecule has 0 aliphatic carbocycles. The second-order valence-electron chi connectivity index (χ2n) is 4.47. The molecular formula is C16H18N2O. The second-order valence-corrected chi connectivity index (χ2v) is 4.47. The molecule has 98 valence electrons. The smallest absolute Gasteiger partial charge is 0.205 e. The van der Waals surface area contributed by atoms with Crippen molar-refractivity contribution in [3.8, 4) is 0 Å². The molecule has 0 radical (unpaired) electrons. The molecule has 0 aliphatic heterocycles. The average Bonchev–Trinajstić information content (AvgIpc) is 2.46. The van der Waals surface area contributed by atoms with Crippen LogP contribution in [-0.2, 0) is 6.42 Å². The van der Waals surface area contributed by atoms with E-state index >= 15 is 0 Å². The van der Waals surface area contributed by atoms with Gasteiger partial charge in [0.15, 0.2) is 0 Å². The molecule has 1 aromatic heterocycles. The summed E-state index contributed by atoms with van der Waals surface area (Å²) in [7, 11) is 0. The van der Waals surface area contributed by atoms with Crippen LogP contribution in [0.2, 0.25) is 0 Å². The van der Waals surface area contributed by atoms with Gasteiger partial charge >= 0.3 is 0 Å². The Morgan fingerprint density at radius 3 is 2.68 bits per heavy atom. The molecule has 2 aromatic rings. The van der Waals surface area contributed by atoms with E-state index in [1.807, 2.05) is 30.5 Å². The van der Waals surface area contributed by atoms with Gasteiger partial charge in [-0.05, 0) is 29.6 Å². The molecule has 0 fully saturated rings. The van der Waals surface area contributed by atoms with E-state index in [4.69, 9.17) is 0 Å². The highest BCUT2D eigenvalue weighted by Gasteiger charge is 2.02. The molecule has 0 unspecified atom stereocenters. The summed E-state index contributed by atoms with van der Waals surface area (Å²) in [6.07, 6.45) is 7.03. The van der Waals surface area contributed by atoms with Crippen LogP contribution in [-0.4, -0.2) is 5.90 Å². The molecule has 0 aliphatic rings. The molecule has 19 heavy (non-hydrogen) atoms. The largest absolute Gasteiger partial charge is 0.854 e. The zero-order valence-electron chi connectivity index (χ0n) is 11.1. The van der Waals surface area contributed by atoms with E-state index in [1.54, 1.807) is 23.0 Å². The van der Waals surface area contributed by atoms with Crippen LogP contribution >= 0.6 is 0 Å². The van der Waals surface area contributed by atoms with Gasteiger partial charge in [0.25, 0.3) is 0 Å². The van der Waals surface area contributed by atoms with Crippen molar-refractivity contribution < 1.29 is 9.78 Å². The summed E-state index contributed by atoms with van der Waals surface area (Å²) in [5.41, 5.74) is 1.81. The number of aromatic nitrogens is 1. The summed E-state index contributed by atoms with van der Waals surface area (Å²) in [6.45, 7) is 2.17. The highest BCUT2D eigenvalue weighted by Crippen LogP contribution is 2.02. The van der Waals surface area contributed by atoms with Crippen molar-refractivity contribution in [1.82, 2.24) is 0 Å². The maximum atomic E-state index is 12.0. The minimum absolute atomic E-state index is 0.224. The first kappa shape index (κ1) is 13.3. The minimum Gasteiger partial charge on any atom is -0.854 e. The fraction of sp³-hybridized carbons (Fsp3) is 0.250. The standard InChI is InChI=1S/C16H18N2O/c1-2-3-8-14-9-7-12-18(13-14)17-16(19)15-10-5-4-6-11-15/h4-7,9-13H,2-3,8H2,1H3. The van der Waals surface area contributed by atoms with Gasteiger partial charge in [-0.15, -0.1) is 0 Å². The Hall–Kier alpha value is -2.16. The van der Waals surface area contributed by atoms with Gasteiger partial charge < -0.3 is 5.11 Å². The number of nitrogens with zero attached hydrogens (tertiary/aromatic N) is 2. The molecular weight excluding hydrogens is 236 g/mol. The van der Waals surface area contributed by atoms with E-state index in [2.05, 4.69) is 18.1 Å². The van der Waals surface area contributed by atoms with E-state index in [1.165, 1.54) is 5.56 Å². The van der Waals surface area contributed by atoms with E-state index in [0.29, 0.717) is 5.56 Å². The number of hydrogen-bond donors (Lipinski definition) is 0. The van der Waals surface area contributed by atoms with Crippen LogP contribution in [0.1, 0.15) is 30.9 Å². The summed E-state index contributed by atoms with van der Waals surface area (Å²) >= 11 is 0. The molecule has 0 N–H and O–H groups in total. The first-order valence-corrected chi connectivity index (χ1v) is 6.61. The van der Waals surface area contributed by atoms with Crippen molar-refractivity contribution in [2.75, 3.05) is 0 Å². The highest BCUT2D eigenvalue weighted by atomic mass is 16.3. The Labute approximate surface area is 113 Å². The maximum absolute atomic E-state index is 12.0. The lowest BCUT2D eigenvalue weighted by Crippen LogP contribution is -2.33. The summed E-state index contributed by atoms with van der Waals surface area (Å²) in [5.74, 6) is -0.224.